The van der Waals surface area contributed by atoms with Gasteiger partial charge in [-0.15, -0.1) is 0 Å². The zero-order valence-corrected chi connectivity index (χ0v) is 11.9. The van der Waals surface area contributed by atoms with Gasteiger partial charge in [-0.1, -0.05) is 0 Å². The number of benzene rings is 1. The first-order chi connectivity index (χ1) is 9.29. The normalized spacial score (nSPS) is 14.7. The Morgan fingerprint density at radius 1 is 1.16 bits per heavy atom. The molecule has 0 saturated heterocycles. The summed E-state index contributed by atoms with van der Waals surface area (Å²) in [5, 5.41) is 3.40. The van der Waals surface area contributed by atoms with Crippen LogP contribution >= 0.6 is 0 Å². The first kappa shape index (κ1) is 14.2. The van der Waals surface area contributed by atoms with Crippen LogP contribution in [0, 0.1) is 0 Å². The molecule has 106 valence electrons. The molecular weight excluding hydrogens is 240 g/mol. The third-order valence-corrected chi connectivity index (χ3v) is 3.42. The van der Waals surface area contributed by atoms with Crippen LogP contribution in [0.2, 0.25) is 0 Å². The topological polar surface area (TPSA) is 33.7 Å². The molecule has 4 heteroatoms. The Kier molecular flexibility index (Phi) is 5.48. The van der Waals surface area contributed by atoms with E-state index in [1.165, 1.54) is 12.8 Å². The minimum absolute atomic E-state index is 0.694. The average Bonchev–Trinajstić information content (AvgIpc) is 3.27. The van der Waals surface area contributed by atoms with Crippen LogP contribution in [0.15, 0.2) is 24.3 Å². The van der Waals surface area contributed by atoms with Crippen molar-refractivity contribution in [1.29, 1.82) is 0 Å². The summed E-state index contributed by atoms with van der Waals surface area (Å²) in [7, 11) is 3.87. The molecule has 1 aliphatic carbocycles. The molecule has 1 aromatic carbocycles. The van der Waals surface area contributed by atoms with Crippen LogP contribution in [0.1, 0.15) is 12.8 Å². The fourth-order valence-corrected chi connectivity index (χ4v) is 1.99. The van der Waals surface area contributed by atoms with E-state index >= 15 is 0 Å². The van der Waals surface area contributed by atoms with Crippen LogP contribution in [0.25, 0.3) is 0 Å². The smallest absolute Gasteiger partial charge is 0.119 e. The van der Waals surface area contributed by atoms with Gasteiger partial charge in [0.2, 0.25) is 0 Å². The summed E-state index contributed by atoms with van der Waals surface area (Å²) in [6.07, 6.45) is 2.74. The van der Waals surface area contributed by atoms with Crippen molar-refractivity contribution in [2.75, 3.05) is 40.4 Å². The number of likely N-dealkylation sites (N-methyl/N-ethyl adjacent to an activating group) is 1. The van der Waals surface area contributed by atoms with Crippen LogP contribution < -0.4 is 14.8 Å². The van der Waals surface area contributed by atoms with Gasteiger partial charge in [0.1, 0.15) is 18.1 Å². The number of ether oxygens (including phenoxy) is 2. The molecule has 0 amide bonds. The fraction of sp³-hybridized carbons (Fsp3) is 0.600. The lowest BCUT2D eigenvalue weighted by molar-refractivity contribution is 0.294. The van der Waals surface area contributed by atoms with E-state index in [9.17, 15) is 0 Å². The monoisotopic (exact) mass is 264 g/mol. The number of hydrogen-bond donors (Lipinski definition) is 1. The lowest BCUT2D eigenvalue weighted by Gasteiger charge is -2.15. The second kappa shape index (κ2) is 7.36. The molecular formula is C15H24N2O2. The maximum absolute atomic E-state index is 5.64. The Balaban J connectivity index is 1.51. The zero-order chi connectivity index (χ0) is 13.5. The Labute approximate surface area is 115 Å². The van der Waals surface area contributed by atoms with Crippen LogP contribution in [0.5, 0.6) is 11.5 Å². The highest BCUT2D eigenvalue weighted by atomic mass is 16.5. The molecule has 0 bridgehead atoms. The van der Waals surface area contributed by atoms with Crippen LogP contribution in [0.4, 0.5) is 0 Å². The maximum Gasteiger partial charge on any atom is 0.119 e. The fourth-order valence-electron chi connectivity index (χ4n) is 1.99. The quantitative estimate of drug-likeness (QED) is 0.689. The van der Waals surface area contributed by atoms with Crippen molar-refractivity contribution in [2.45, 2.75) is 18.9 Å². The van der Waals surface area contributed by atoms with Crippen molar-refractivity contribution in [3.8, 4) is 11.5 Å². The van der Waals surface area contributed by atoms with Gasteiger partial charge >= 0.3 is 0 Å². The molecule has 2 rings (SSSR count). The van der Waals surface area contributed by atoms with Crippen LogP contribution in [-0.2, 0) is 0 Å². The van der Waals surface area contributed by atoms with Gasteiger partial charge in [-0.2, -0.15) is 0 Å². The van der Waals surface area contributed by atoms with Crippen molar-refractivity contribution in [3.05, 3.63) is 24.3 Å². The molecule has 4 nitrogen and oxygen atoms in total. The first-order valence-corrected chi connectivity index (χ1v) is 6.97. The van der Waals surface area contributed by atoms with E-state index in [0.29, 0.717) is 6.61 Å². The van der Waals surface area contributed by atoms with E-state index in [-0.39, 0.29) is 0 Å². The molecule has 0 heterocycles. The van der Waals surface area contributed by atoms with Gasteiger partial charge in [0, 0.05) is 25.7 Å². The predicted octanol–water partition coefficient (Wildman–Crippen LogP) is 1.76. The number of nitrogens with one attached hydrogen (secondary N) is 1. The minimum Gasteiger partial charge on any atom is -0.497 e. The molecule has 0 atom stereocenters. The van der Waals surface area contributed by atoms with Gasteiger partial charge in [0.15, 0.2) is 0 Å². The molecule has 1 fully saturated rings. The Bertz CT molecular complexity index is 363. The third-order valence-electron chi connectivity index (χ3n) is 3.42. The summed E-state index contributed by atoms with van der Waals surface area (Å²) in [5.74, 6) is 1.74. The van der Waals surface area contributed by atoms with Crippen molar-refractivity contribution in [3.63, 3.8) is 0 Å². The molecule has 0 unspecified atom stereocenters. The summed E-state index contributed by atoms with van der Waals surface area (Å²) >= 11 is 0. The van der Waals surface area contributed by atoms with Crippen molar-refractivity contribution < 1.29 is 9.47 Å². The minimum atomic E-state index is 0.694. The van der Waals surface area contributed by atoms with E-state index in [0.717, 1.165) is 37.2 Å². The second-order valence-corrected chi connectivity index (χ2v) is 4.99. The molecule has 0 aromatic heterocycles. The first-order valence-electron chi connectivity index (χ1n) is 6.97. The summed E-state index contributed by atoms with van der Waals surface area (Å²) in [6.45, 7) is 3.72. The lowest BCUT2D eigenvalue weighted by atomic mass is 10.3. The van der Waals surface area contributed by atoms with E-state index in [1.807, 2.05) is 24.3 Å². The molecule has 1 aromatic rings. The molecule has 19 heavy (non-hydrogen) atoms. The van der Waals surface area contributed by atoms with Gasteiger partial charge in [0.05, 0.1) is 7.11 Å². The Morgan fingerprint density at radius 3 is 2.47 bits per heavy atom. The molecule has 1 aliphatic rings. The predicted molar refractivity (Wildman–Crippen MR) is 77.0 cm³/mol. The van der Waals surface area contributed by atoms with Gasteiger partial charge in [-0.3, -0.25) is 0 Å². The van der Waals surface area contributed by atoms with E-state index in [1.54, 1.807) is 7.11 Å². The largest absolute Gasteiger partial charge is 0.497 e. The van der Waals surface area contributed by atoms with Crippen LogP contribution in [-0.4, -0.2) is 51.3 Å². The van der Waals surface area contributed by atoms with Crippen molar-refractivity contribution >= 4 is 0 Å². The lowest BCUT2D eigenvalue weighted by Crippen LogP contribution is -2.32. The Hall–Kier alpha value is -1.26. The Morgan fingerprint density at radius 2 is 1.84 bits per heavy atom. The molecule has 0 aliphatic heterocycles. The highest BCUT2D eigenvalue weighted by Gasteiger charge is 2.25. The van der Waals surface area contributed by atoms with Gasteiger partial charge in [0.25, 0.3) is 0 Å². The molecule has 1 N–H and O–H groups in total. The van der Waals surface area contributed by atoms with E-state index in [2.05, 4.69) is 17.3 Å². The van der Waals surface area contributed by atoms with Crippen LogP contribution in [0.3, 0.4) is 0 Å². The number of methoxy groups -OCH3 is 1. The summed E-state index contributed by atoms with van der Waals surface area (Å²) in [6, 6.07) is 8.53. The SMILES string of the molecule is COc1ccc(OCCNCCN(C)C2CC2)cc1. The number of rotatable bonds is 9. The van der Waals surface area contributed by atoms with Gasteiger partial charge in [-0.05, 0) is 44.2 Å². The summed E-state index contributed by atoms with van der Waals surface area (Å²) in [5.41, 5.74) is 0. The molecule has 0 radical (unpaired) electrons. The maximum atomic E-state index is 5.64. The van der Waals surface area contributed by atoms with E-state index < -0.39 is 0 Å². The highest BCUT2D eigenvalue weighted by Crippen LogP contribution is 2.24. The third kappa shape index (κ3) is 5.09. The molecule has 1 saturated carbocycles. The number of nitrogens with zero attached hydrogens (tertiary/aromatic N) is 1. The number of hydrogen-bond acceptors (Lipinski definition) is 4. The summed E-state index contributed by atoms with van der Waals surface area (Å²) < 4.78 is 10.7. The second-order valence-electron chi connectivity index (χ2n) is 4.99. The van der Waals surface area contributed by atoms with E-state index in [4.69, 9.17) is 9.47 Å². The van der Waals surface area contributed by atoms with Gasteiger partial charge < -0.3 is 19.7 Å². The molecule has 0 spiro atoms. The zero-order valence-electron chi connectivity index (χ0n) is 11.9. The average molecular weight is 264 g/mol. The summed E-state index contributed by atoms with van der Waals surface area (Å²) in [4.78, 5) is 2.43. The standard InChI is InChI=1S/C15H24N2O2/c1-17(13-3-4-13)11-9-16-10-12-19-15-7-5-14(18-2)6-8-15/h5-8,13,16H,3-4,9-12H2,1-2H3. The van der Waals surface area contributed by atoms with Gasteiger partial charge in [-0.25, -0.2) is 0 Å². The highest BCUT2D eigenvalue weighted by molar-refractivity contribution is 5.31. The van der Waals surface area contributed by atoms with Crippen molar-refractivity contribution in [2.24, 2.45) is 0 Å². The van der Waals surface area contributed by atoms with Crippen molar-refractivity contribution in [1.82, 2.24) is 10.2 Å².